The summed E-state index contributed by atoms with van der Waals surface area (Å²) < 4.78 is 6.24. The zero-order valence-corrected chi connectivity index (χ0v) is 22.4. The number of benzene rings is 1. The number of halogens is 1. The van der Waals surface area contributed by atoms with E-state index in [2.05, 4.69) is 9.97 Å². The van der Waals surface area contributed by atoms with Gasteiger partial charge in [0, 0.05) is 32.6 Å². The summed E-state index contributed by atoms with van der Waals surface area (Å²) >= 11 is 6.18. The van der Waals surface area contributed by atoms with Gasteiger partial charge in [-0.1, -0.05) is 17.7 Å². The molecule has 1 aliphatic carbocycles. The van der Waals surface area contributed by atoms with Gasteiger partial charge in [-0.15, -0.1) is 0 Å². The second-order valence-electron chi connectivity index (χ2n) is 9.68. The predicted molar refractivity (Wildman–Crippen MR) is 147 cm³/mol. The number of carbonyl (C=O) groups excluding carboxylic acids is 1. The maximum atomic E-state index is 13.4. The standard InChI is InChI=1S/C29H31ClN4O4/c1-3-34-27-22(29(37)33(2)23-10-12-25(30)32-28(23)34)16-18(17-31-27)14-15-38-24-11-8-19(9-13-26(35)36)20-6-4-5-7-21(20)24/h8,10-12,16-17H,3-7,9,13-15H2,1-2H3,(H,35,36). The fourth-order valence-electron chi connectivity index (χ4n) is 5.38. The van der Waals surface area contributed by atoms with Crippen molar-refractivity contribution in [3.8, 4) is 5.75 Å². The van der Waals surface area contributed by atoms with Crippen molar-refractivity contribution in [2.24, 2.45) is 0 Å². The molecule has 3 aromatic rings. The van der Waals surface area contributed by atoms with Crippen molar-refractivity contribution in [1.29, 1.82) is 0 Å². The first-order chi connectivity index (χ1) is 18.4. The van der Waals surface area contributed by atoms with Crippen molar-refractivity contribution in [1.82, 2.24) is 9.97 Å². The molecule has 2 aromatic heterocycles. The van der Waals surface area contributed by atoms with E-state index in [0.717, 1.165) is 42.6 Å². The number of carbonyl (C=O) groups is 2. The molecular formula is C29H31ClN4O4. The van der Waals surface area contributed by atoms with Gasteiger partial charge < -0.3 is 19.6 Å². The molecule has 0 fully saturated rings. The molecule has 1 aliphatic heterocycles. The zero-order chi connectivity index (χ0) is 26.8. The Morgan fingerprint density at radius 1 is 1.11 bits per heavy atom. The van der Waals surface area contributed by atoms with Crippen LogP contribution < -0.4 is 14.5 Å². The molecule has 0 bridgehead atoms. The Hall–Kier alpha value is -3.65. The molecule has 0 saturated heterocycles. The largest absolute Gasteiger partial charge is 0.493 e. The zero-order valence-electron chi connectivity index (χ0n) is 21.7. The number of rotatable bonds is 8. The molecular weight excluding hydrogens is 504 g/mol. The first-order valence-electron chi connectivity index (χ1n) is 13.1. The lowest BCUT2D eigenvalue weighted by Gasteiger charge is -2.23. The Labute approximate surface area is 227 Å². The summed E-state index contributed by atoms with van der Waals surface area (Å²) in [4.78, 5) is 37.2. The molecule has 1 N–H and O–H groups in total. The highest BCUT2D eigenvalue weighted by Crippen LogP contribution is 2.39. The Bertz CT molecular complexity index is 1390. The van der Waals surface area contributed by atoms with E-state index in [4.69, 9.17) is 21.4 Å². The van der Waals surface area contributed by atoms with Crippen LogP contribution in [0.5, 0.6) is 5.75 Å². The summed E-state index contributed by atoms with van der Waals surface area (Å²) in [6.07, 6.45) is 7.18. The third-order valence-corrected chi connectivity index (χ3v) is 7.52. The van der Waals surface area contributed by atoms with Gasteiger partial charge in [-0.2, -0.15) is 0 Å². The van der Waals surface area contributed by atoms with Crippen molar-refractivity contribution in [2.45, 2.75) is 51.9 Å². The molecule has 5 rings (SSSR count). The van der Waals surface area contributed by atoms with E-state index >= 15 is 0 Å². The van der Waals surface area contributed by atoms with Crippen LogP contribution in [0.25, 0.3) is 0 Å². The molecule has 1 amide bonds. The molecule has 0 saturated carbocycles. The minimum atomic E-state index is -0.778. The maximum absolute atomic E-state index is 13.4. The summed E-state index contributed by atoms with van der Waals surface area (Å²) in [5, 5.41) is 9.46. The third-order valence-electron chi connectivity index (χ3n) is 7.31. The molecule has 0 spiro atoms. The third kappa shape index (κ3) is 5.05. The van der Waals surface area contributed by atoms with Crippen LogP contribution >= 0.6 is 11.6 Å². The lowest BCUT2D eigenvalue weighted by molar-refractivity contribution is -0.136. The molecule has 0 unspecified atom stereocenters. The summed E-state index contributed by atoms with van der Waals surface area (Å²) in [7, 11) is 1.73. The van der Waals surface area contributed by atoms with Gasteiger partial charge in [-0.25, -0.2) is 9.97 Å². The number of nitrogens with zero attached hydrogens (tertiary/aromatic N) is 4. The number of aliphatic carboxylic acids is 1. The molecule has 0 atom stereocenters. The number of aromatic nitrogens is 2. The molecule has 1 aromatic carbocycles. The van der Waals surface area contributed by atoms with Crippen molar-refractivity contribution >= 4 is 40.8 Å². The molecule has 9 heteroatoms. The Balaban J connectivity index is 1.35. The first-order valence-corrected chi connectivity index (χ1v) is 13.4. The number of hydrogen-bond donors (Lipinski definition) is 1. The SMILES string of the molecule is CCN1c2ncc(CCOc3ccc(CCC(=O)O)c4c3CCCC4)cc2C(=O)N(C)c2ccc(Cl)nc21. The van der Waals surface area contributed by atoms with E-state index in [1.54, 1.807) is 30.3 Å². The highest BCUT2D eigenvalue weighted by atomic mass is 35.5. The predicted octanol–water partition coefficient (Wildman–Crippen LogP) is 5.40. The minimum absolute atomic E-state index is 0.134. The van der Waals surface area contributed by atoms with Gasteiger partial charge in [0.25, 0.3) is 5.91 Å². The topological polar surface area (TPSA) is 95.9 Å². The lowest BCUT2D eigenvalue weighted by Crippen LogP contribution is -2.25. The number of amides is 1. The van der Waals surface area contributed by atoms with E-state index in [1.165, 1.54) is 11.1 Å². The molecule has 0 radical (unpaired) electrons. The summed E-state index contributed by atoms with van der Waals surface area (Å²) in [6.45, 7) is 3.01. The van der Waals surface area contributed by atoms with Gasteiger partial charge in [0.05, 0.1) is 17.9 Å². The number of ether oxygens (including phenoxy) is 1. The molecule has 38 heavy (non-hydrogen) atoms. The summed E-state index contributed by atoms with van der Waals surface area (Å²) in [6, 6.07) is 9.37. The Morgan fingerprint density at radius 3 is 2.66 bits per heavy atom. The molecule has 8 nitrogen and oxygen atoms in total. The molecule has 2 aliphatic rings. The van der Waals surface area contributed by atoms with Crippen LogP contribution in [0.4, 0.5) is 17.3 Å². The van der Waals surface area contributed by atoms with Gasteiger partial charge >= 0.3 is 5.97 Å². The second-order valence-corrected chi connectivity index (χ2v) is 10.1. The number of carboxylic acids is 1. The quantitative estimate of drug-likeness (QED) is 0.387. The van der Waals surface area contributed by atoms with Crippen molar-refractivity contribution < 1.29 is 19.4 Å². The van der Waals surface area contributed by atoms with Gasteiger partial charge in [-0.05, 0) is 85.5 Å². The van der Waals surface area contributed by atoms with E-state index in [9.17, 15) is 9.59 Å². The van der Waals surface area contributed by atoms with Crippen LogP contribution in [0, 0.1) is 0 Å². The number of pyridine rings is 2. The summed E-state index contributed by atoms with van der Waals surface area (Å²) in [5.41, 5.74) is 5.68. The fourth-order valence-corrected chi connectivity index (χ4v) is 5.52. The number of carboxylic acid groups (broad SMARTS) is 1. The number of hydrogen-bond acceptors (Lipinski definition) is 6. The highest BCUT2D eigenvalue weighted by molar-refractivity contribution is 6.29. The molecule has 3 heterocycles. The van der Waals surface area contributed by atoms with E-state index < -0.39 is 5.97 Å². The van der Waals surface area contributed by atoms with E-state index in [0.29, 0.717) is 54.0 Å². The fraction of sp³-hybridized carbons (Fsp3) is 0.379. The monoisotopic (exact) mass is 534 g/mol. The van der Waals surface area contributed by atoms with Crippen LogP contribution in [0.2, 0.25) is 5.15 Å². The minimum Gasteiger partial charge on any atom is -0.493 e. The average molecular weight is 535 g/mol. The van der Waals surface area contributed by atoms with Gasteiger partial charge in [0.2, 0.25) is 0 Å². The maximum Gasteiger partial charge on any atom is 0.303 e. The Morgan fingerprint density at radius 2 is 1.89 bits per heavy atom. The lowest BCUT2D eigenvalue weighted by atomic mass is 9.86. The first kappa shape index (κ1) is 26.0. The van der Waals surface area contributed by atoms with Crippen molar-refractivity contribution in [3.05, 3.63) is 69.5 Å². The van der Waals surface area contributed by atoms with Gasteiger partial charge in [0.15, 0.2) is 5.82 Å². The van der Waals surface area contributed by atoms with Crippen molar-refractivity contribution in [3.63, 3.8) is 0 Å². The number of aryl methyl sites for hydroxylation is 1. The Kier molecular flexibility index (Phi) is 7.51. The van der Waals surface area contributed by atoms with E-state index in [1.807, 2.05) is 30.0 Å². The highest BCUT2D eigenvalue weighted by Gasteiger charge is 2.31. The van der Waals surface area contributed by atoms with Crippen LogP contribution in [0.3, 0.4) is 0 Å². The number of anilines is 3. The average Bonchev–Trinajstić information content (AvgIpc) is 3.00. The summed E-state index contributed by atoms with van der Waals surface area (Å²) in [5.74, 6) is 1.11. The molecule has 198 valence electrons. The van der Waals surface area contributed by atoms with Crippen LogP contribution in [0.15, 0.2) is 36.5 Å². The van der Waals surface area contributed by atoms with E-state index in [-0.39, 0.29) is 12.3 Å². The van der Waals surface area contributed by atoms with Crippen LogP contribution in [0.1, 0.15) is 58.8 Å². The van der Waals surface area contributed by atoms with Crippen LogP contribution in [-0.2, 0) is 30.5 Å². The van der Waals surface area contributed by atoms with Gasteiger partial charge in [0.1, 0.15) is 16.7 Å². The number of fused-ring (bicyclic) bond motifs is 3. The second kappa shape index (κ2) is 11.0. The van der Waals surface area contributed by atoms with Gasteiger partial charge in [-0.3, -0.25) is 9.59 Å². The van der Waals surface area contributed by atoms with Crippen molar-refractivity contribution in [2.75, 3.05) is 30.0 Å². The normalized spacial score (nSPS) is 14.4. The smallest absolute Gasteiger partial charge is 0.303 e. The van der Waals surface area contributed by atoms with Crippen LogP contribution in [-0.4, -0.2) is 47.2 Å².